The highest BCUT2D eigenvalue weighted by atomic mass is 35.7. The first-order valence-electron chi connectivity index (χ1n) is 7.69. The minimum absolute atomic E-state index is 0.0279. The zero-order chi connectivity index (χ0) is 17.7. The first-order chi connectivity index (χ1) is 11.3. The summed E-state index contributed by atoms with van der Waals surface area (Å²) in [6, 6.07) is 2.54. The number of hydrogen-bond donors (Lipinski definition) is 1. The number of ether oxygens (including phenoxy) is 1. The van der Waals surface area contributed by atoms with Crippen molar-refractivity contribution in [2.45, 2.75) is 51.2 Å². The van der Waals surface area contributed by atoms with Crippen LogP contribution in [0.1, 0.15) is 39.0 Å². The van der Waals surface area contributed by atoms with Gasteiger partial charge >= 0.3 is 12.8 Å². The molecule has 0 aromatic heterocycles. The number of carbonyl (C=O) groups excluding carboxylic acids is 1. The molecule has 0 amide bonds. The van der Waals surface area contributed by atoms with Crippen LogP contribution < -0.4 is 9.61 Å². The van der Waals surface area contributed by atoms with Gasteiger partial charge in [0, 0.05) is 17.3 Å². The summed E-state index contributed by atoms with van der Waals surface area (Å²) in [6.45, 7) is -2.39. The topological polar surface area (TPSA) is 64.6 Å². The van der Waals surface area contributed by atoms with Gasteiger partial charge in [0.2, 0.25) is 0 Å². The molecule has 1 fully saturated rings. The molecule has 1 unspecified atom stereocenters. The molecule has 5 nitrogen and oxygen atoms in total. The second-order valence-corrected chi connectivity index (χ2v) is 8.84. The molecule has 1 N–H and O–H groups in total. The van der Waals surface area contributed by atoms with Gasteiger partial charge < -0.3 is 9.26 Å². The monoisotopic (exact) mass is 397 g/mol. The van der Waals surface area contributed by atoms with Crippen LogP contribution in [-0.2, 0) is 14.1 Å². The summed E-state index contributed by atoms with van der Waals surface area (Å²) in [5, 5.41) is 2.23. The van der Waals surface area contributed by atoms with Crippen molar-refractivity contribution in [1.29, 1.82) is 0 Å². The van der Waals surface area contributed by atoms with Gasteiger partial charge in [-0.3, -0.25) is 4.79 Å². The van der Waals surface area contributed by atoms with Crippen molar-refractivity contribution in [2.24, 2.45) is 0 Å². The second kappa shape index (κ2) is 8.52. The van der Waals surface area contributed by atoms with E-state index in [-0.39, 0.29) is 16.9 Å². The third kappa shape index (κ3) is 5.92. The van der Waals surface area contributed by atoms with Gasteiger partial charge in [-0.05, 0) is 44.7 Å². The fraction of sp³-hybridized carbons (Fsp3) is 0.533. The van der Waals surface area contributed by atoms with Crippen LogP contribution in [0.5, 0.6) is 5.75 Å². The smallest absolute Gasteiger partial charge is 0.409 e. The van der Waals surface area contributed by atoms with Crippen molar-refractivity contribution in [3.63, 3.8) is 0 Å². The Bertz CT molecular complexity index is 640. The molecule has 24 heavy (non-hydrogen) atoms. The molecule has 1 saturated carbocycles. The van der Waals surface area contributed by atoms with Gasteiger partial charge in [0.15, 0.2) is 0 Å². The van der Waals surface area contributed by atoms with Crippen molar-refractivity contribution in [3.05, 3.63) is 29.0 Å². The van der Waals surface area contributed by atoms with Crippen LogP contribution >= 0.6 is 29.7 Å². The summed E-state index contributed by atoms with van der Waals surface area (Å²) >= 11 is 11.4. The number of carbonyl (C=O) groups is 1. The molecule has 9 heteroatoms. The largest absolute Gasteiger partial charge is 0.461 e. The lowest BCUT2D eigenvalue weighted by molar-refractivity contribution is -0.152. The van der Waals surface area contributed by atoms with Crippen LogP contribution in [0.3, 0.4) is 0 Å². The molecule has 0 aliphatic heterocycles. The van der Waals surface area contributed by atoms with Gasteiger partial charge in [-0.1, -0.05) is 18.0 Å². The molecule has 2 atom stereocenters. The molecule has 0 saturated heterocycles. The molecular formula is C15H19Cl2FNO4P. The molecule has 0 heterocycles. The SMILES string of the molecule is C[C@H](NP(=O)(Cl)Oc1ccc(F)c(Cl)c1)C(=O)OC1CCCCC1. The minimum atomic E-state index is -3.87. The molecule has 2 rings (SSSR count). The first-order valence-corrected chi connectivity index (χ1v) is 10.6. The van der Waals surface area contributed by atoms with Crippen molar-refractivity contribution in [2.75, 3.05) is 0 Å². The summed E-state index contributed by atoms with van der Waals surface area (Å²) in [5.41, 5.74) is 0. The molecule has 1 aromatic rings. The van der Waals surface area contributed by atoms with E-state index >= 15 is 0 Å². The van der Waals surface area contributed by atoms with Crippen molar-refractivity contribution in [1.82, 2.24) is 5.09 Å². The maximum atomic E-state index is 13.1. The van der Waals surface area contributed by atoms with E-state index in [0.717, 1.165) is 44.2 Å². The Labute approximate surface area is 150 Å². The highest BCUT2D eigenvalue weighted by Gasteiger charge is 2.30. The maximum absolute atomic E-state index is 13.1. The van der Waals surface area contributed by atoms with Gasteiger partial charge in [-0.15, -0.1) is 0 Å². The number of halogens is 3. The van der Waals surface area contributed by atoms with Crippen LogP contribution in [-0.4, -0.2) is 18.1 Å². The Morgan fingerprint density at radius 2 is 2.04 bits per heavy atom. The molecule has 1 aliphatic carbocycles. The predicted octanol–water partition coefficient (Wildman–Crippen LogP) is 5.06. The number of hydrogen-bond acceptors (Lipinski definition) is 4. The molecule has 0 radical (unpaired) electrons. The molecule has 0 spiro atoms. The summed E-state index contributed by atoms with van der Waals surface area (Å²) < 4.78 is 35.9. The van der Waals surface area contributed by atoms with Gasteiger partial charge in [0.05, 0.1) is 5.02 Å². The normalized spacial score (nSPS) is 19.3. The average Bonchev–Trinajstić information content (AvgIpc) is 2.51. The van der Waals surface area contributed by atoms with Crippen molar-refractivity contribution >= 4 is 35.7 Å². The lowest BCUT2D eigenvalue weighted by Crippen LogP contribution is -2.36. The summed E-state index contributed by atoms with van der Waals surface area (Å²) in [6.07, 6.45) is 4.77. The Kier molecular flexibility index (Phi) is 6.93. The zero-order valence-corrected chi connectivity index (χ0v) is 15.5. The van der Waals surface area contributed by atoms with E-state index in [2.05, 4.69) is 5.09 Å². The van der Waals surface area contributed by atoms with Crippen molar-refractivity contribution < 1.29 is 23.0 Å². The van der Waals surface area contributed by atoms with Gasteiger partial charge in [0.1, 0.15) is 23.7 Å². The van der Waals surface area contributed by atoms with E-state index in [1.54, 1.807) is 0 Å². The van der Waals surface area contributed by atoms with E-state index in [9.17, 15) is 13.8 Å². The fourth-order valence-electron chi connectivity index (χ4n) is 2.43. The lowest BCUT2D eigenvalue weighted by atomic mass is 9.98. The number of esters is 1. The quantitative estimate of drug-likeness (QED) is 0.536. The third-order valence-corrected chi connectivity index (χ3v) is 5.58. The van der Waals surface area contributed by atoms with Crippen LogP contribution in [0.15, 0.2) is 18.2 Å². The summed E-state index contributed by atoms with van der Waals surface area (Å²) in [4.78, 5) is 12.0. The highest BCUT2D eigenvalue weighted by Crippen LogP contribution is 2.49. The molecule has 0 bridgehead atoms. The molecule has 134 valence electrons. The van der Waals surface area contributed by atoms with Crippen LogP contribution in [0.4, 0.5) is 4.39 Å². The summed E-state index contributed by atoms with van der Waals surface area (Å²) in [5.74, 6) is -1.14. The Hall–Kier alpha value is -0.810. The second-order valence-electron chi connectivity index (χ2n) is 5.69. The Morgan fingerprint density at radius 1 is 1.38 bits per heavy atom. The molecular weight excluding hydrogens is 379 g/mol. The van der Waals surface area contributed by atoms with Gasteiger partial charge in [-0.25, -0.2) is 14.0 Å². The summed E-state index contributed by atoms with van der Waals surface area (Å²) in [7, 11) is 0. The van der Waals surface area contributed by atoms with Crippen LogP contribution in [0.25, 0.3) is 0 Å². The van der Waals surface area contributed by atoms with Crippen LogP contribution in [0, 0.1) is 5.82 Å². The molecule has 1 aromatic carbocycles. The van der Waals surface area contributed by atoms with E-state index in [0.29, 0.717) is 0 Å². The number of rotatable bonds is 6. The average molecular weight is 398 g/mol. The Balaban J connectivity index is 1.90. The van der Waals surface area contributed by atoms with E-state index in [1.807, 2.05) is 0 Å². The number of nitrogens with one attached hydrogen (secondary N) is 1. The first kappa shape index (κ1) is 19.5. The number of benzene rings is 1. The van der Waals surface area contributed by atoms with Gasteiger partial charge in [-0.2, -0.15) is 0 Å². The standard InChI is InChI=1S/C15H19Cl2FNO4P/c1-10(15(20)22-11-5-3-2-4-6-11)19-24(17,21)23-12-7-8-14(18)13(16)9-12/h7-11H,2-6H2,1H3,(H,19,21)/t10-,24?/m0/s1. The van der Waals surface area contributed by atoms with Crippen molar-refractivity contribution in [3.8, 4) is 5.75 Å². The third-order valence-electron chi connectivity index (χ3n) is 3.65. The predicted molar refractivity (Wildman–Crippen MR) is 91.1 cm³/mol. The Morgan fingerprint density at radius 3 is 2.67 bits per heavy atom. The minimum Gasteiger partial charge on any atom is -0.461 e. The van der Waals surface area contributed by atoms with E-state index < -0.39 is 24.7 Å². The zero-order valence-electron chi connectivity index (χ0n) is 13.1. The highest BCUT2D eigenvalue weighted by molar-refractivity contribution is 7.84. The molecule has 1 aliphatic rings. The fourth-order valence-corrected chi connectivity index (χ4v) is 4.28. The lowest BCUT2D eigenvalue weighted by Gasteiger charge is -2.24. The van der Waals surface area contributed by atoms with E-state index in [4.69, 9.17) is 32.1 Å². The van der Waals surface area contributed by atoms with Crippen LogP contribution in [0.2, 0.25) is 5.02 Å². The van der Waals surface area contributed by atoms with Gasteiger partial charge in [0.25, 0.3) is 0 Å². The van der Waals surface area contributed by atoms with E-state index in [1.165, 1.54) is 13.0 Å². The maximum Gasteiger partial charge on any atom is 0.409 e.